The van der Waals surface area contributed by atoms with Gasteiger partial charge in [0.05, 0.1) is 18.3 Å². The van der Waals surface area contributed by atoms with Crippen LogP contribution in [0, 0.1) is 5.92 Å². The summed E-state index contributed by atoms with van der Waals surface area (Å²) in [7, 11) is 0. The van der Waals surface area contributed by atoms with Gasteiger partial charge in [-0.05, 0) is 45.1 Å². The summed E-state index contributed by atoms with van der Waals surface area (Å²) in [6.45, 7) is 5.38. The summed E-state index contributed by atoms with van der Waals surface area (Å²) >= 11 is 0. The Labute approximate surface area is 98.6 Å². The predicted octanol–water partition coefficient (Wildman–Crippen LogP) is 1.69. The molecule has 16 heavy (non-hydrogen) atoms. The van der Waals surface area contributed by atoms with Crippen LogP contribution in [-0.2, 0) is 4.74 Å². The Bertz CT molecular complexity index is 222. The van der Waals surface area contributed by atoms with Crippen molar-refractivity contribution in [3.05, 3.63) is 0 Å². The van der Waals surface area contributed by atoms with Crippen molar-refractivity contribution >= 4 is 0 Å². The van der Waals surface area contributed by atoms with Crippen LogP contribution in [0.2, 0.25) is 0 Å². The molecule has 0 aliphatic carbocycles. The minimum atomic E-state index is -0.320. The zero-order chi connectivity index (χ0) is 11.5. The molecule has 0 aromatic carbocycles. The van der Waals surface area contributed by atoms with Crippen molar-refractivity contribution in [3.8, 4) is 0 Å². The van der Waals surface area contributed by atoms with Crippen LogP contribution < -0.4 is 5.32 Å². The topological polar surface area (TPSA) is 41.5 Å². The van der Waals surface area contributed by atoms with Gasteiger partial charge in [0.15, 0.2) is 0 Å². The lowest BCUT2D eigenvalue weighted by atomic mass is 9.86. The molecule has 0 aromatic heterocycles. The molecule has 2 N–H and O–H groups in total. The van der Waals surface area contributed by atoms with Crippen molar-refractivity contribution in [1.82, 2.24) is 5.32 Å². The van der Waals surface area contributed by atoms with Gasteiger partial charge in [-0.3, -0.25) is 0 Å². The molecule has 3 heteroatoms. The summed E-state index contributed by atoms with van der Waals surface area (Å²) in [6.07, 6.45) is 5.75. The number of nitrogens with one attached hydrogen (secondary N) is 1. The highest BCUT2D eigenvalue weighted by atomic mass is 16.5. The molecule has 2 aliphatic heterocycles. The van der Waals surface area contributed by atoms with Crippen LogP contribution in [-0.4, -0.2) is 36.0 Å². The maximum Gasteiger partial charge on any atom is 0.0954 e. The Morgan fingerprint density at radius 1 is 1.38 bits per heavy atom. The number of piperidine rings is 1. The fourth-order valence-corrected chi connectivity index (χ4v) is 3.01. The largest absolute Gasteiger partial charge is 0.389 e. The third-order valence-corrected chi connectivity index (χ3v) is 4.18. The minimum Gasteiger partial charge on any atom is -0.389 e. The Morgan fingerprint density at radius 3 is 2.81 bits per heavy atom. The van der Waals surface area contributed by atoms with Gasteiger partial charge in [0.2, 0.25) is 0 Å². The van der Waals surface area contributed by atoms with Gasteiger partial charge in [-0.2, -0.15) is 0 Å². The van der Waals surface area contributed by atoms with Gasteiger partial charge < -0.3 is 15.2 Å². The molecule has 0 bridgehead atoms. The maximum atomic E-state index is 10.3. The summed E-state index contributed by atoms with van der Waals surface area (Å²) in [5.41, 5.74) is 0. The Morgan fingerprint density at radius 2 is 2.19 bits per heavy atom. The molecular formula is C13H25NO2. The van der Waals surface area contributed by atoms with Crippen molar-refractivity contribution in [2.24, 2.45) is 5.92 Å². The smallest absolute Gasteiger partial charge is 0.0954 e. The van der Waals surface area contributed by atoms with Gasteiger partial charge in [0.25, 0.3) is 0 Å². The molecule has 0 amide bonds. The summed E-state index contributed by atoms with van der Waals surface area (Å²) in [5.74, 6) is 0.778. The van der Waals surface area contributed by atoms with E-state index in [9.17, 15) is 5.11 Å². The van der Waals surface area contributed by atoms with Crippen LogP contribution in [0.1, 0.15) is 46.0 Å². The summed E-state index contributed by atoms with van der Waals surface area (Å²) in [5, 5.41) is 13.8. The van der Waals surface area contributed by atoms with E-state index in [1.54, 1.807) is 0 Å². The predicted molar refractivity (Wildman–Crippen MR) is 64.4 cm³/mol. The van der Waals surface area contributed by atoms with Gasteiger partial charge in [-0.1, -0.05) is 13.3 Å². The van der Waals surface area contributed by atoms with Gasteiger partial charge in [-0.15, -0.1) is 0 Å². The quantitative estimate of drug-likeness (QED) is 0.771. The molecule has 2 rings (SSSR count). The molecule has 2 heterocycles. The van der Waals surface area contributed by atoms with Gasteiger partial charge in [-0.25, -0.2) is 0 Å². The van der Waals surface area contributed by atoms with Gasteiger partial charge in [0, 0.05) is 6.04 Å². The first-order valence-corrected chi connectivity index (χ1v) is 6.77. The van der Waals surface area contributed by atoms with Crippen molar-refractivity contribution in [2.45, 2.75) is 70.3 Å². The molecule has 0 spiro atoms. The third kappa shape index (κ3) is 2.76. The molecule has 5 unspecified atom stereocenters. The second kappa shape index (κ2) is 5.48. The second-order valence-electron chi connectivity index (χ2n) is 5.41. The first-order valence-electron chi connectivity index (χ1n) is 6.77. The van der Waals surface area contributed by atoms with E-state index in [1.807, 2.05) is 0 Å². The number of aliphatic hydroxyl groups is 1. The number of hydrogen-bond donors (Lipinski definition) is 2. The summed E-state index contributed by atoms with van der Waals surface area (Å²) in [6, 6.07) is 0.244. The molecule has 2 aliphatic rings. The lowest BCUT2D eigenvalue weighted by molar-refractivity contribution is -0.0501. The van der Waals surface area contributed by atoms with Crippen molar-refractivity contribution < 1.29 is 9.84 Å². The van der Waals surface area contributed by atoms with Crippen molar-refractivity contribution in [1.29, 1.82) is 0 Å². The Hall–Kier alpha value is -0.120. The monoisotopic (exact) mass is 227 g/mol. The molecular weight excluding hydrogens is 202 g/mol. The van der Waals surface area contributed by atoms with E-state index >= 15 is 0 Å². The molecule has 0 aromatic rings. The van der Waals surface area contributed by atoms with E-state index in [1.165, 1.54) is 12.8 Å². The van der Waals surface area contributed by atoms with Crippen LogP contribution in [0.25, 0.3) is 0 Å². The van der Waals surface area contributed by atoms with E-state index in [-0.39, 0.29) is 18.2 Å². The number of rotatable bonds is 3. The number of ether oxygens (including phenoxy) is 1. The first-order chi connectivity index (χ1) is 7.70. The number of hydrogen-bond acceptors (Lipinski definition) is 3. The SMILES string of the molecule is CCC1CCNC(C(O)C2CCC(C)O2)C1. The summed E-state index contributed by atoms with van der Waals surface area (Å²) < 4.78 is 5.76. The van der Waals surface area contributed by atoms with E-state index in [0.717, 1.165) is 31.7 Å². The standard InChI is InChI=1S/C13H25NO2/c1-3-10-6-7-14-11(8-10)13(15)12-5-4-9(2)16-12/h9-15H,3-8H2,1-2H3. The van der Waals surface area contributed by atoms with Crippen molar-refractivity contribution in [3.63, 3.8) is 0 Å². The highest BCUT2D eigenvalue weighted by Crippen LogP contribution is 2.27. The molecule has 5 atom stereocenters. The lowest BCUT2D eigenvalue weighted by Gasteiger charge is -2.35. The number of aliphatic hydroxyl groups excluding tert-OH is 1. The lowest BCUT2D eigenvalue weighted by Crippen LogP contribution is -2.50. The zero-order valence-electron chi connectivity index (χ0n) is 10.5. The van der Waals surface area contributed by atoms with Gasteiger partial charge in [0.1, 0.15) is 0 Å². The molecule has 0 saturated carbocycles. The van der Waals surface area contributed by atoms with E-state index in [4.69, 9.17) is 4.74 Å². The van der Waals surface area contributed by atoms with E-state index < -0.39 is 0 Å². The molecule has 2 saturated heterocycles. The molecule has 94 valence electrons. The minimum absolute atomic E-state index is 0.0584. The normalized spacial score (nSPS) is 42.2. The Kier molecular flexibility index (Phi) is 4.22. The highest BCUT2D eigenvalue weighted by Gasteiger charge is 2.35. The first kappa shape index (κ1) is 12.3. The van der Waals surface area contributed by atoms with Crippen LogP contribution in [0.15, 0.2) is 0 Å². The highest BCUT2D eigenvalue weighted by molar-refractivity contribution is 4.89. The average molecular weight is 227 g/mol. The van der Waals surface area contributed by atoms with Crippen LogP contribution in [0.4, 0.5) is 0 Å². The average Bonchev–Trinajstić information content (AvgIpc) is 2.75. The van der Waals surface area contributed by atoms with Crippen LogP contribution >= 0.6 is 0 Å². The summed E-state index contributed by atoms with van der Waals surface area (Å²) in [4.78, 5) is 0. The van der Waals surface area contributed by atoms with E-state index in [0.29, 0.717) is 6.10 Å². The molecule has 0 radical (unpaired) electrons. The third-order valence-electron chi connectivity index (χ3n) is 4.18. The van der Waals surface area contributed by atoms with Crippen molar-refractivity contribution in [2.75, 3.05) is 6.54 Å². The maximum absolute atomic E-state index is 10.3. The van der Waals surface area contributed by atoms with Gasteiger partial charge >= 0.3 is 0 Å². The molecule has 2 fully saturated rings. The van der Waals surface area contributed by atoms with E-state index in [2.05, 4.69) is 19.2 Å². The molecule has 3 nitrogen and oxygen atoms in total. The second-order valence-corrected chi connectivity index (χ2v) is 5.41. The fraction of sp³-hybridized carbons (Fsp3) is 1.00. The van der Waals surface area contributed by atoms with Crippen LogP contribution in [0.5, 0.6) is 0 Å². The Balaban J connectivity index is 1.86. The zero-order valence-corrected chi connectivity index (χ0v) is 10.5. The fourth-order valence-electron chi connectivity index (χ4n) is 3.01. The van der Waals surface area contributed by atoms with Crippen LogP contribution in [0.3, 0.4) is 0 Å².